The molecule has 1 atom stereocenters. The van der Waals surface area contributed by atoms with Gasteiger partial charge in [-0.2, -0.15) is 0 Å². The predicted octanol–water partition coefficient (Wildman–Crippen LogP) is 4.97. The van der Waals surface area contributed by atoms with E-state index in [-0.39, 0.29) is 0 Å². The van der Waals surface area contributed by atoms with Gasteiger partial charge >= 0.3 is 0 Å². The van der Waals surface area contributed by atoms with Crippen LogP contribution in [0.15, 0.2) is 60.9 Å². The number of likely N-dealkylation sites (tertiary alicyclic amines) is 1. The summed E-state index contributed by atoms with van der Waals surface area (Å²) in [6, 6.07) is 17.6. The van der Waals surface area contributed by atoms with Crippen LogP contribution in [-0.2, 0) is 6.54 Å². The molecule has 1 aliphatic heterocycles. The van der Waals surface area contributed by atoms with Crippen molar-refractivity contribution in [1.82, 2.24) is 9.88 Å². The number of piperidine rings is 1. The van der Waals surface area contributed by atoms with Gasteiger partial charge in [0.1, 0.15) is 5.75 Å². The van der Waals surface area contributed by atoms with Crippen LogP contribution >= 0.6 is 0 Å². The Labute approximate surface area is 149 Å². The highest BCUT2D eigenvalue weighted by Gasteiger charge is 2.24. The molecule has 25 heavy (non-hydrogen) atoms. The Hall–Kier alpha value is -2.39. The number of benzene rings is 2. The molecule has 1 aromatic heterocycles. The molecule has 1 saturated heterocycles. The van der Waals surface area contributed by atoms with Gasteiger partial charge in [0, 0.05) is 30.4 Å². The van der Waals surface area contributed by atoms with Crippen molar-refractivity contribution >= 4 is 10.8 Å². The fourth-order valence-corrected chi connectivity index (χ4v) is 4.00. The summed E-state index contributed by atoms with van der Waals surface area (Å²) in [5.41, 5.74) is 2.70. The highest BCUT2D eigenvalue weighted by Crippen LogP contribution is 2.34. The first kappa shape index (κ1) is 16.1. The molecular weight excluding hydrogens is 308 g/mol. The molecule has 0 N–H and O–H groups in total. The van der Waals surface area contributed by atoms with Crippen LogP contribution in [0.3, 0.4) is 0 Å². The molecule has 2 aromatic carbocycles. The summed E-state index contributed by atoms with van der Waals surface area (Å²) >= 11 is 0. The zero-order valence-electron chi connectivity index (χ0n) is 14.7. The average Bonchev–Trinajstić information content (AvgIpc) is 2.69. The van der Waals surface area contributed by atoms with E-state index in [0.717, 1.165) is 18.8 Å². The van der Waals surface area contributed by atoms with Gasteiger partial charge in [-0.15, -0.1) is 0 Å². The second kappa shape index (κ2) is 7.24. The van der Waals surface area contributed by atoms with E-state index in [0.29, 0.717) is 6.04 Å². The van der Waals surface area contributed by atoms with Gasteiger partial charge in [-0.25, -0.2) is 0 Å². The van der Waals surface area contributed by atoms with Crippen LogP contribution in [0.1, 0.15) is 36.4 Å². The van der Waals surface area contributed by atoms with Crippen molar-refractivity contribution in [2.24, 2.45) is 0 Å². The van der Waals surface area contributed by atoms with Crippen LogP contribution in [0.5, 0.6) is 5.75 Å². The first-order valence-corrected chi connectivity index (χ1v) is 9.05. The molecule has 0 spiro atoms. The number of methoxy groups -OCH3 is 1. The van der Waals surface area contributed by atoms with Crippen LogP contribution < -0.4 is 4.74 Å². The molecule has 0 radical (unpaired) electrons. The maximum atomic E-state index is 5.54. The highest BCUT2D eigenvalue weighted by atomic mass is 16.5. The molecule has 0 unspecified atom stereocenters. The molecule has 128 valence electrons. The number of fused-ring (bicyclic) bond motifs is 1. The predicted molar refractivity (Wildman–Crippen MR) is 102 cm³/mol. The largest absolute Gasteiger partial charge is 0.496 e. The minimum absolute atomic E-state index is 0.461. The van der Waals surface area contributed by atoms with Gasteiger partial charge in [-0.1, -0.05) is 42.8 Å². The number of hydrogen-bond acceptors (Lipinski definition) is 3. The summed E-state index contributed by atoms with van der Waals surface area (Å²) in [6.07, 6.45) is 7.65. The number of aromatic nitrogens is 1. The van der Waals surface area contributed by atoms with E-state index in [1.807, 2.05) is 18.5 Å². The van der Waals surface area contributed by atoms with E-state index in [2.05, 4.69) is 52.3 Å². The van der Waals surface area contributed by atoms with Gasteiger partial charge in [-0.3, -0.25) is 9.88 Å². The minimum atomic E-state index is 0.461. The molecule has 0 saturated carbocycles. The lowest BCUT2D eigenvalue weighted by atomic mass is 9.95. The van der Waals surface area contributed by atoms with Gasteiger partial charge in [0.25, 0.3) is 0 Å². The maximum absolute atomic E-state index is 5.54. The lowest BCUT2D eigenvalue weighted by Gasteiger charge is -2.36. The Kier molecular flexibility index (Phi) is 4.66. The summed E-state index contributed by atoms with van der Waals surface area (Å²) in [5, 5.41) is 2.48. The van der Waals surface area contributed by atoms with E-state index in [4.69, 9.17) is 4.74 Å². The second-order valence-corrected chi connectivity index (χ2v) is 6.74. The fourth-order valence-electron chi connectivity index (χ4n) is 4.00. The van der Waals surface area contributed by atoms with Crippen molar-refractivity contribution in [2.75, 3.05) is 13.7 Å². The standard InChI is InChI=1S/C22H24N2O/c1-25-22-12-11-18(19-8-2-3-9-20(19)22)16-24-14-5-4-10-21(24)17-7-6-13-23-15-17/h2-3,6-9,11-13,15,21H,4-5,10,14,16H2,1H3/t21-/m0/s1. The SMILES string of the molecule is COc1ccc(CN2CCCC[C@H]2c2cccnc2)c2ccccc12. The first-order chi connectivity index (χ1) is 12.4. The minimum Gasteiger partial charge on any atom is -0.496 e. The maximum Gasteiger partial charge on any atom is 0.126 e. The normalized spacial score (nSPS) is 18.4. The average molecular weight is 332 g/mol. The summed E-state index contributed by atoms with van der Waals surface area (Å²) in [6.45, 7) is 2.10. The summed E-state index contributed by atoms with van der Waals surface area (Å²) in [5.74, 6) is 0.946. The summed E-state index contributed by atoms with van der Waals surface area (Å²) < 4.78 is 5.54. The van der Waals surface area contributed by atoms with Gasteiger partial charge in [0.2, 0.25) is 0 Å². The first-order valence-electron chi connectivity index (χ1n) is 9.05. The molecular formula is C22H24N2O. The quantitative estimate of drug-likeness (QED) is 0.674. The zero-order valence-corrected chi connectivity index (χ0v) is 14.7. The Bertz CT molecular complexity index is 847. The number of ether oxygens (including phenoxy) is 1. The van der Waals surface area contributed by atoms with Crippen LogP contribution in [0.2, 0.25) is 0 Å². The number of pyridine rings is 1. The lowest BCUT2D eigenvalue weighted by Crippen LogP contribution is -2.33. The molecule has 1 aliphatic rings. The molecule has 0 amide bonds. The zero-order chi connectivity index (χ0) is 17.1. The molecule has 4 rings (SSSR count). The molecule has 3 aromatic rings. The summed E-state index contributed by atoms with van der Waals surface area (Å²) in [7, 11) is 1.74. The van der Waals surface area contributed by atoms with Gasteiger partial charge in [-0.05, 0) is 48.0 Å². The smallest absolute Gasteiger partial charge is 0.126 e. The van der Waals surface area contributed by atoms with E-state index in [1.54, 1.807) is 7.11 Å². The van der Waals surface area contributed by atoms with E-state index >= 15 is 0 Å². The van der Waals surface area contributed by atoms with Crippen molar-refractivity contribution in [3.8, 4) is 5.75 Å². The monoisotopic (exact) mass is 332 g/mol. The van der Waals surface area contributed by atoms with Crippen LogP contribution in [0.4, 0.5) is 0 Å². The van der Waals surface area contributed by atoms with Gasteiger partial charge in [0.05, 0.1) is 7.11 Å². The number of nitrogens with zero attached hydrogens (tertiary/aromatic N) is 2. The Morgan fingerprint density at radius 1 is 1.04 bits per heavy atom. The second-order valence-electron chi connectivity index (χ2n) is 6.74. The van der Waals surface area contributed by atoms with E-state index < -0.39 is 0 Å². The van der Waals surface area contributed by atoms with Crippen LogP contribution in [-0.4, -0.2) is 23.5 Å². The third-order valence-corrected chi connectivity index (χ3v) is 5.25. The third kappa shape index (κ3) is 3.24. The summed E-state index contributed by atoms with van der Waals surface area (Å²) in [4.78, 5) is 6.94. The van der Waals surface area contributed by atoms with Crippen molar-refractivity contribution in [1.29, 1.82) is 0 Å². The Morgan fingerprint density at radius 3 is 2.72 bits per heavy atom. The Morgan fingerprint density at radius 2 is 1.92 bits per heavy atom. The third-order valence-electron chi connectivity index (χ3n) is 5.25. The number of hydrogen-bond donors (Lipinski definition) is 0. The molecule has 0 aliphatic carbocycles. The van der Waals surface area contributed by atoms with Crippen molar-refractivity contribution in [3.63, 3.8) is 0 Å². The Balaban J connectivity index is 1.68. The van der Waals surface area contributed by atoms with Crippen molar-refractivity contribution in [2.45, 2.75) is 31.8 Å². The van der Waals surface area contributed by atoms with Gasteiger partial charge in [0.15, 0.2) is 0 Å². The molecule has 3 nitrogen and oxygen atoms in total. The number of rotatable bonds is 4. The molecule has 3 heteroatoms. The molecule has 0 bridgehead atoms. The van der Waals surface area contributed by atoms with Crippen LogP contribution in [0.25, 0.3) is 10.8 Å². The molecule has 2 heterocycles. The lowest BCUT2D eigenvalue weighted by molar-refractivity contribution is 0.140. The van der Waals surface area contributed by atoms with Crippen molar-refractivity contribution < 1.29 is 4.74 Å². The topological polar surface area (TPSA) is 25.4 Å². The fraction of sp³-hybridized carbons (Fsp3) is 0.318. The van der Waals surface area contributed by atoms with Crippen LogP contribution in [0, 0.1) is 0 Å². The van der Waals surface area contributed by atoms with E-state index in [1.165, 1.54) is 41.2 Å². The van der Waals surface area contributed by atoms with Crippen molar-refractivity contribution in [3.05, 3.63) is 72.1 Å². The molecule has 1 fully saturated rings. The highest BCUT2D eigenvalue weighted by molar-refractivity contribution is 5.91. The van der Waals surface area contributed by atoms with Gasteiger partial charge < -0.3 is 4.74 Å². The van der Waals surface area contributed by atoms with E-state index in [9.17, 15) is 0 Å².